The van der Waals surface area contributed by atoms with E-state index in [1.807, 2.05) is 13.8 Å². The molecule has 0 spiro atoms. The Labute approximate surface area is 135 Å². The van der Waals surface area contributed by atoms with Crippen molar-refractivity contribution in [2.24, 2.45) is 23.7 Å². The first kappa shape index (κ1) is 17.5. The molecular formula is C20H32O2. The molecule has 0 aliphatic heterocycles. The van der Waals surface area contributed by atoms with Crippen molar-refractivity contribution >= 4 is 5.78 Å². The van der Waals surface area contributed by atoms with Gasteiger partial charge in [0.1, 0.15) is 5.78 Å². The first-order valence-electron chi connectivity index (χ1n) is 8.88. The Balaban J connectivity index is 2.06. The standard InChI is InChI=1S/C20H32O2/c1-12(2)18(21)11-8-14(4)17-10-6-13(3)16-9-7-15(5)19(16)20(17)22/h7,12,14,17,19-20,22H,6,8-11H2,1-5H3. The Morgan fingerprint density at radius 2 is 2.00 bits per heavy atom. The number of aliphatic hydroxyl groups excluding tert-OH is 1. The zero-order valence-corrected chi connectivity index (χ0v) is 14.9. The van der Waals surface area contributed by atoms with Crippen molar-refractivity contribution in [2.75, 3.05) is 0 Å². The summed E-state index contributed by atoms with van der Waals surface area (Å²) in [5.41, 5.74) is 4.27. The van der Waals surface area contributed by atoms with Crippen molar-refractivity contribution < 1.29 is 9.90 Å². The Kier molecular flexibility index (Phi) is 5.65. The second kappa shape index (κ2) is 7.12. The van der Waals surface area contributed by atoms with E-state index in [1.54, 1.807) is 0 Å². The number of hydrogen-bond donors (Lipinski definition) is 1. The summed E-state index contributed by atoms with van der Waals surface area (Å²) in [4.78, 5) is 11.9. The van der Waals surface area contributed by atoms with Gasteiger partial charge < -0.3 is 5.11 Å². The summed E-state index contributed by atoms with van der Waals surface area (Å²) in [5, 5.41) is 11.0. The molecule has 0 bridgehead atoms. The molecule has 2 rings (SSSR count). The average molecular weight is 304 g/mol. The number of aliphatic hydroxyl groups is 1. The van der Waals surface area contributed by atoms with Crippen molar-refractivity contribution in [3.63, 3.8) is 0 Å². The average Bonchev–Trinajstić information content (AvgIpc) is 2.80. The van der Waals surface area contributed by atoms with Crippen LogP contribution in [-0.4, -0.2) is 17.0 Å². The number of rotatable bonds is 5. The SMILES string of the molecule is CC1=CCC2=C(C)CCC(C(C)CCC(=O)C(C)C)C(O)C12. The van der Waals surface area contributed by atoms with Gasteiger partial charge in [-0.1, -0.05) is 43.6 Å². The summed E-state index contributed by atoms with van der Waals surface area (Å²) in [6.45, 7) is 10.6. The van der Waals surface area contributed by atoms with Crippen LogP contribution in [0.25, 0.3) is 0 Å². The predicted octanol–water partition coefficient (Wildman–Crippen LogP) is 4.68. The van der Waals surface area contributed by atoms with E-state index < -0.39 is 0 Å². The molecule has 2 aliphatic carbocycles. The van der Waals surface area contributed by atoms with E-state index in [0.717, 1.165) is 25.7 Å². The number of hydrogen-bond acceptors (Lipinski definition) is 2. The van der Waals surface area contributed by atoms with Gasteiger partial charge in [-0.15, -0.1) is 0 Å². The maximum absolute atomic E-state index is 11.9. The fourth-order valence-electron chi connectivity index (χ4n) is 4.17. The molecule has 22 heavy (non-hydrogen) atoms. The minimum Gasteiger partial charge on any atom is -0.392 e. The molecule has 2 heteroatoms. The molecule has 2 nitrogen and oxygen atoms in total. The summed E-state index contributed by atoms with van der Waals surface area (Å²) in [6.07, 6.45) is 6.72. The van der Waals surface area contributed by atoms with Gasteiger partial charge >= 0.3 is 0 Å². The fraction of sp³-hybridized carbons (Fsp3) is 0.750. The maximum atomic E-state index is 11.9. The highest BCUT2D eigenvalue weighted by Gasteiger charge is 2.38. The third kappa shape index (κ3) is 3.53. The summed E-state index contributed by atoms with van der Waals surface area (Å²) in [7, 11) is 0. The summed E-state index contributed by atoms with van der Waals surface area (Å²) in [6, 6.07) is 0. The van der Waals surface area contributed by atoms with Gasteiger partial charge in [-0.3, -0.25) is 4.79 Å². The van der Waals surface area contributed by atoms with Gasteiger partial charge in [0, 0.05) is 18.3 Å². The number of ketones is 1. The second-order valence-electron chi connectivity index (χ2n) is 7.77. The van der Waals surface area contributed by atoms with Crippen LogP contribution < -0.4 is 0 Å². The van der Waals surface area contributed by atoms with Crippen LogP contribution in [-0.2, 0) is 4.79 Å². The van der Waals surface area contributed by atoms with Crippen LogP contribution in [0.4, 0.5) is 0 Å². The lowest BCUT2D eigenvalue weighted by molar-refractivity contribution is -0.122. The van der Waals surface area contributed by atoms with Crippen LogP contribution in [0, 0.1) is 23.7 Å². The van der Waals surface area contributed by atoms with E-state index in [4.69, 9.17) is 0 Å². The highest BCUT2D eigenvalue weighted by Crippen LogP contribution is 2.44. The Bertz CT molecular complexity index is 484. The Morgan fingerprint density at radius 1 is 1.32 bits per heavy atom. The van der Waals surface area contributed by atoms with E-state index in [0.29, 0.717) is 24.0 Å². The van der Waals surface area contributed by atoms with Crippen molar-refractivity contribution in [1.82, 2.24) is 0 Å². The van der Waals surface area contributed by atoms with E-state index in [-0.39, 0.29) is 17.9 Å². The first-order chi connectivity index (χ1) is 10.3. The van der Waals surface area contributed by atoms with E-state index >= 15 is 0 Å². The quantitative estimate of drug-likeness (QED) is 0.749. The van der Waals surface area contributed by atoms with Crippen molar-refractivity contribution in [3.05, 3.63) is 22.8 Å². The monoisotopic (exact) mass is 304 g/mol. The molecule has 0 saturated carbocycles. The molecule has 0 amide bonds. The first-order valence-corrected chi connectivity index (χ1v) is 8.88. The van der Waals surface area contributed by atoms with Gasteiger partial charge in [0.2, 0.25) is 0 Å². The van der Waals surface area contributed by atoms with E-state index in [1.165, 1.54) is 16.7 Å². The summed E-state index contributed by atoms with van der Waals surface area (Å²) < 4.78 is 0. The Morgan fingerprint density at radius 3 is 2.64 bits per heavy atom. The lowest BCUT2D eigenvalue weighted by Gasteiger charge is -2.32. The molecule has 0 fully saturated rings. The highest BCUT2D eigenvalue weighted by molar-refractivity contribution is 5.80. The molecule has 0 aromatic heterocycles. The van der Waals surface area contributed by atoms with Gasteiger partial charge in [0.25, 0.3) is 0 Å². The van der Waals surface area contributed by atoms with Crippen LogP contribution in [0.5, 0.6) is 0 Å². The highest BCUT2D eigenvalue weighted by atomic mass is 16.3. The van der Waals surface area contributed by atoms with Gasteiger partial charge in [0.15, 0.2) is 0 Å². The van der Waals surface area contributed by atoms with Crippen molar-refractivity contribution in [3.8, 4) is 0 Å². The predicted molar refractivity (Wildman–Crippen MR) is 91.5 cm³/mol. The minimum absolute atomic E-state index is 0.127. The molecule has 0 aromatic rings. The van der Waals surface area contributed by atoms with Crippen LogP contribution in [0.15, 0.2) is 22.8 Å². The maximum Gasteiger partial charge on any atom is 0.135 e. The molecule has 0 radical (unpaired) electrons. The van der Waals surface area contributed by atoms with E-state index in [2.05, 4.69) is 26.8 Å². The van der Waals surface area contributed by atoms with Crippen molar-refractivity contribution in [2.45, 2.75) is 72.8 Å². The third-order valence-corrected chi connectivity index (χ3v) is 5.91. The molecular weight excluding hydrogens is 272 g/mol. The molecule has 0 saturated heterocycles. The van der Waals surface area contributed by atoms with Crippen molar-refractivity contribution in [1.29, 1.82) is 0 Å². The third-order valence-electron chi connectivity index (χ3n) is 5.91. The summed E-state index contributed by atoms with van der Waals surface area (Å²) in [5.74, 6) is 1.41. The summed E-state index contributed by atoms with van der Waals surface area (Å²) >= 11 is 0. The lowest BCUT2D eigenvalue weighted by Crippen LogP contribution is -2.33. The topological polar surface area (TPSA) is 37.3 Å². The normalized spacial score (nSPS) is 30.1. The lowest BCUT2D eigenvalue weighted by atomic mass is 9.77. The zero-order valence-electron chi connectivity index (χ0n) is 14.9. The van der Waals surface area contributed by atoms with Crippen LogP contribution in [0.3, 0.4) is 0 Å². The minimum atomic E-state index is -0.282. The van der Waals surface area contributed by atoms with Gasteiger partial charge in [-0.2, -0.15) is 0 Å². The number of carbonyl (C=O) groups is 1. The molecule has 124 valence electrons. The molecule has 1 N–H and O–H groups in total. The van der Waals surface area contributed by atoms with Crippen LogP contribution in [0.2, 0.25) is 0 Å². The van der Waals surface area contributed by atoms with Gasteiger partial charge in [0.05, 0.1) is 6.10 Å². The number of allylic oxidation sites excluding steroid dienone is 2. The smallest absolute Gasteiger partial charge is 0.135 e. The number of carbonyl (C=O) groups excluding carboxylic acids is 1. The Hall–Kier alpha value is -0.890. The van der Waals surface area contributed by atoms with Crippen LogP contribution in [0.1, 0.15) is 66.7 Å². The van der Waals surface area contributed by atoms with Gasteiger partial charge in [-0.05, 0) is 51.4 Å². The number of Topliss-reactive ketones (excluding diaryl/α,β-unsaturated/α-hetero) is 1. The zero-order chi connectivity index (χ0) is 16.4. The molecule has 4 atom stereocenters. The molecule has 0 aromatic carbocycles. The van der Waals surface area contributed by atoms with Crippen LogP contribution >= 0.6 is 0 Å². The fourth-order valence-corrected chi connectivity index (χ4v) is 4.17. The second-order valence-corrected chi connectivity index (χ2v) is 7.77. The van der Waals surface area contributed by atoms with Gasteiger partial charge in [-0.25, -0.2) is 0 Å². The largest absolute Gasteiger partial charge is 0.392 e. The molecule has 2 aliphatic rings. The number of fused-ring (bicyclic) bond motifs is 1. The molecule has 4 unspecified atom stereocenters. The molecule has 0 heterocycles. The van der Waals surface area contributed by atoms with E-state index in [9.17, 15) is 9.90 Å².